The van der Waals surface area contributed by atoms with Crippen LogP contribution in [0.2, 0.25) is 0 Å². The summed E-state index contributed by atoms with van der Waals surface area (Å²) >= 11 is 0. The smallest absolute Gasteiger partial charge is 0.0562 e. The van der Waals surface area contributed by atoms with E-state index in [1.54, 1.807) is 0 Å². The molecule has 3 N–H and O–H groups in total. The fourth-order valence-electron chi connectivity index (χ4n) is 2.96. The molecule has 0 radical (unpaired) electrons. The van der Waals surface area contributed by atoms with Crippen molar-refractivity contribution >= 4 is 0 Å². The van der Waals surface area contributed by atoms with Gasteiger partial charge >= 0.3 is 0 Å². The molecule has 1 aromatic carbocycles. The van der Waals surface area contributed by atoms with Gasteiger partial charge in [-0.3, -0.25) is 0 Å². The predicted molar refractivity (Wildman–Crippen MR) is 76.3 cm³/mol. The maximum Gasteiger partial charge on any atom is 0.0562 e. The molecular weight excluding hydrogens is 220 g/mol. The Bertz CT molecular complexity index is 447. The lowest BCUT2D eigenvalue weighted by molar-refractivity contribution is 0.283. The minimum atomic E-state index is -0.0834. The molecule has 0 amide bonds. The lowest BCUT2D eigenvalue weighted by Gasteiger charge is -2.41. The zero-order valence-corrected chi connectivity index (χ0v) is 11.1. The van der Waals surface area contributed by atoms with E-state index in [9.17, 15) is 0 Å². The van der Waals surface area contributed by atoms with E-state index in [4.69, 9.17) is 12.2 Å². The largest absolute Gasteiger partial charge is 0.328 e. The van der Waals surface area contributed by atoms with E-state index in [1.807, 2.05) is 0 Å². The van der Waals surface area contributed by atoms with Gasteiger partial charge in [0.2, 0.25) is 0 Å². The summed E-state index contributed by atoms with van der Waals surface area (Å²) in [4.78, 5) is 0. The van der Waals surface area contributed by atoms with Gasteiger partial charge in [-0.2, -0.15) is 0 Å². The molecule has 1 aliphatic rings. The second kappa shape index (κ2) is 5.56. The topological polar surface area (TPSA) is 38.0 Å². The van der Waals surface area contributed by atoms with Gasteiger partial charge in [0.05, 0.1) is 5.54 Å². The van der Waals surface area contributed by atoms with Crippen LogP contribution in [-0.4, -0.2) is 13.1 Å². The van der Waals surface area contributed by atoms with Crippen molar-refractivity contribution in [3.8, 4) is 12.3 Å². The molecule has 0 saturated carbocycles. The average molecular weight is 242 g/mol. The first-order valence-electron chi connectivity index (χ1n) is 6.71. The van der Waals surface area contributed by atoms with E-state index in [-0.39, 0.29) is 5.54 Å². The van der Waals surface area contributed by atoms with Crippen LogP contribution in [0.1, 0.15) is 43.2 Å². The molecule has 18 heavy (non-hydrogen) atoms. The van der Waals surface area contributed by atoms with Crippen molar-refractivity contribution in [1.82, 2.24) is 5.32 Å². The van der Waals surface area contributed by atoms with E-state index >= 15 is 0 Å². The highest BCUT2D eigenvalue weighted by atomic mass is 15.0. The highest BCUT2D eigenvalue weighted by molar-refractivity contribution is 5.39. The highest BCUT2D eigenvalue weighted by Crippen LogP contribution is 2.40. The molecule has 0 spiro atoms. The van der Waals surface area contributed by atoms with Crippen LogP contribution in [0.4, 0.5) is 0 Å². The van der Waals surface area contributed by atoms with Crippen molar-refractivity contribution in [2.75, 3.05) is 13.1 Å². The van der Waals surface area contributed by atoms with Crippen molar-refractivity contribution < 1.29 is 0 Å². The Labute approximate surface area is 110 Å². The minimum absolute atomic E-state index is 0.0834. The number of hydrogen-bond donors (Lipinski definition) is 2. The van der Waals surface area contributed by atoms with E-state index < -0.39 is 0 Å². The van der Waals surface area contributed by atoms with Gasteiger partial charge in [-0.05, 0) is 29.9 Å². The SMILES string of the molecule is C#CCCNC1(CN)CCC(C)c2ccccc21. The number of hydrogen-bond acceptors (Lipinski definition) is 2. The van der Waals surface area contributed by atoms with Gasteiger partial charge < -0.3 is 11.1 Å². The first-order chi connectivity index (χ1) is 8.73. The average Bonchev–Trinajstić information content (AvgIpc) is 2.42. The van der Waals surface area contributed by atoms with E-state index in [0.29, 0.717) is 12.5 Å². The predicted octanol–water partition coefficient (Wildman–Crippen LogP) is 2.35. The Balaban J connectivity index is 2.32. The first-order valence-corrected chi connectivity index (χ1v) is 6.71. The van der Waals surface area contributed by atoms with Gasteiger partial charge in [-0.15, -0.1) is 12.3 Å². The van der Waals surface area contributed by atoms with Gasteiger partial charge in [0, 0.05) is 19.5 Å². The molecule has 0 bridgehead atoms. The summed E-state index contributed by atoms with van der Waals surface area (Å²) in [5.41, 5.74) is 8.78. The molecule has 2 atom stereocenters. The molecule has 2 unspecified atom stereocenters. The summed E-state index contributed by atoms with van der Waals surface area (Å²) in [5.74, 6) is 3.30. The molecule has 0 fully saturated rings. The van der Waals surface area contributed by atoms with E-state index in [0.717, 1.165) is 19.4 Å². The molecule has 2 nitrogen and oxygen atoms in total. The van der Waals surface area contributed by atoms with Crippen molar-refractivity contribution in [3.63, 3.8) is 0 Å². The van der Waals surface area contributed by atoms with Gasteiger partial charge in [-0.25, -0.2) is 0 Å². The Kier molecular flexibility index (Phi) is 4.06. The van der Waals surface area contributed by atoms with Gasteiger partial charge in [0.25, 0.3) is 0 Å². The Morgan fingerprint density at radius 1 is 1.50 bits per heavy atom. The third-order valence-electron chi connectivity index (χ3n) is 4.09. The summed E-state index contributed by atoms with van der Waals surface area (Å²) < 4.78 is 0. The number of rotatable bonds is 4. The Morgan fingerprint density at radius 3 is 3.00 bits per heavy atom. The van der Waals surface area contributed by atoms with Crippen LogP contribution in [-0.2, 0) is 5.54 Å². The van der Waals surface area contributed by atoms with Crippen LogP contribution in [0.25, 0.3) is 0 Å². The first kappa shape index (κ1) is 13.1. The number of nitrogens with two attached hydrogens (primary N) is 1. The molecule has 2 heteroatoms. The summed E-state index contributed by atoms with van der Waals surface area (Å²) in [7, 11) is 0. The van der Waals surface area contributed by atoms with Gasteiger partial charge in [-0.1, -0.05) is 31.2 Å². The van der Waals surface area contributed by atoms with Crippen LogP contribution in [0.3, 0.4) is 0 Å². The number of fused-ring (bicyclic) bond motifs is 1. The van der Waals surface area contributed by atoms with Crippen LogP contribution in [0, 0.1) is 12.3 Å². The number of nitrogens with one attached hydrogen (secondary N) is 1. The summed E-state index contributed by atoms with van der Waals surface area (Å²) in [5, 5.41) is 3.59. The normalized spacial score (nSPS) is 26.4. The zero-order chi connectivity index (χ0) is 13.0. The maximum atomic E-state index is 6.07. The Hall–Kier alpha value is -1.30. The van der Waals surface area contributed by atoms with Crippen molar-refractivity contribution in [3.05, 3.63) is 35.4 Å². The monoisotopic (exact) mass is 242 g/mol. The van der Waals surface area contributed by atoms with E-state index in [1.165, 1.54) is 17.5 Å². The van der Waals surface area contributed by atoms with Gasteiger partial charge in [0.15, 0.2) is 0 Å². The highest BCUT2D eigenvalue weighted by Gasteiger charge is 2.36. The molecule has 0 saturated heterocycles. The molecule has 96 valence electrons. The lowest BCUT2D eigenvalue weighted by atomic mass is 9.72. The van der Waals surface area contributed by atoms with Crippen LogP contribution < -0.4 is 11.1 Å². The quantitative estimate of drug-likeness (QED) is 0.628. The molecule has 0 heterocycles. The van der Waals surface area contributed by atoms with Crippen LogP contribution in [0.15, 0.2) is 24.3 Å². The second-order valence-electron chi connectivity index (χ2n) is 5.19. The second-order valence-corrected chi connectivity index (χ2v) is 5.19. The standard InChI is InChI=1S/C16H22N2/c1-3-4-11-18-16(12-17)10-9-13(2)14-7-5-6-8-15(14)16/h1,5-8,13,18H,4,9-12,17H2,2H3. The maximum absolute atomic E-state index is 6.07. The van der Waals surface area contributed by atoms with Crippen LogP contribution >= 0.6 is 0 Å². The van der Waals surface area contributed by atoms with Gasteiger partial charge in [0.1, 0.15) is 0 Å². The summed E-state index contributed by atoms with van der Waals surface area (Å²) in [6, 6.07) is 8.65. The molecule has 2 rings (SSSR count). The fraction of sp³-hybridized carbons (Fsp3) is 0.500. The fourth-order valence-corrected chi connectivity index (χ4v) is 2.96. The van der Waals surface area contributed by atoms with Crippen molar-refractivity contribution in [2.24, 2.45) is 5.73 Å². The molecule has 1 aromatic rings. The van der Waals surface area contributed by atoms with Crippen LogP contribution in [0.5, 0.6) is 0 Å². The zero-order valence-electron chi connectivity index (χ0n) is 11.1. The Morgan fingerprint density at radius 2 is 2.28 bits per heavy atom. The lowest BCUT2D eigenvalue weighted by Crippen LogP contribution is -2.51. The molecular formula is C16H22N2. The third kappa shape index (κ3) is 2.29. The minimum Gasteiger partial charge on any atom is -0.328 e. The van der Waals surface area contributed by atoms with E-state index in [2.05, 4.69) is 42.4 Å². The summed E-state index contributed by atoms with van der Waals surface area (Å²) in [6.45, 7) is 3.75. The number of benzene rings is 1. The van der Waals surface area contributed by atoms with Crippen molar-refractivity contribution in [1.29, 1.82) is 0 Å². The molecule has 0 aliphatic heterocycles. The third-order valence-corrected chi connectivity index (χ3v) is 4.09. The summed E-state index contributed by atoms with van der Waals surface area (Å²) in [6.07, 6.45) is 8.34. The molecule has 0 aromatic heterocycles. The van der Waals surface area contributed by atoms with Crippen molar-refractivity contribution in [2.45, 2.75) is 37.6 Å². The molecule has 1 aliphatic carbocycles. The number of terminal acetylenes is 1.